The van der Waals surface area contributed by atoms with Gasteiger partial charge in [0.15, 0.2) is 12.0 Å². The Hall–Kier alpha value is -3.56. The molecular formula is C15H13N3O7. The fourth-order valence-corrected chi connectivity index (χ4v) is 2.10. The third-order valence-corrected chi connectivity index (χ3v) is 3.28. The molecule has 4 amide bonds. The molecule has 2 atom stereocenters. The van der Waals surface area contributed by atoms with Crippen molar-refractivity contribution in [2.75, 3.05) is 4.90 Å². The summed E-state index contributed by atoms with van der Waals surface area (Å²) in [4.78, 5) is 62.1. The Kier molecular flexibility index (Phi) is 5.22. The van der Waals surface area contributed by atoms with Crippen LogP contribution >= 0.6 is 0 Å². The zero-order chi connectivity index (χ0) is 18.6. The van der Waals surface area contributed by atoms with Gasteiger partial charge < -0.3 is 10.2 Å². The molecule has 130 valence electrons. The van der Waals surface area contributed by atoms with E-state index in [9.17, 15) is 24.0 Å². The van der Waals surface area contributed by atoms with Gasteiger partial charge in [-0.25, -0.2) is 14.5 Å². The Labute approximate surface area is 140 Å². The molecule has 1 aromatic rings. The van der Waals surface area contributed by atoms with Crippen molar-refractivity contribution in [2.24, 2.45) is 10.9 Å². The van der Waals surface area contributed by atoms with Crippen molar-refractivity contribution >= 4 is 41.7 Å². The molecule has 25 heavy (non-hydrogen) atoms. The molecular weight excluding hydrogens is 334 g/mol. The molecule has 1 aliphatic heterocycles. The van der Waals surface area contributed by atoms with Crippen LogP contribution in [0.1, 0.15) is 6.42 Å². The van der Waals surface area contributed by atoms with Crippen LogP contribution in [0.25, 0.3) is 0 Å². The fourth-order valence-electron chi connectivity index (χ4n) is 2.10. The van der Waals surface area contributed by atoms with Crippen molar-refractivity contribution in [3.8, 4) is 0 Å². The quantitative estimate of drug-likeness (QED) is 0.479. The number of anilines is 1. The van der Waals surface area contributed by atoms with E-state index in [1.54, 1.807) is 18.2 Å². The Morgan fingerprint density at radius 3 is 2.40 bits per heavy atom. The minimum absolute atomic E-state index is 0.219. The highest BCUT2D eigenvalue weighted by Crippen LogP contribution is 2.19. The number of amides is 4. The van der Waals surface area contributed by atoms with Gasteiger partial charge in [-0.2, -0.15) is 0 Å². The van der Waals surface area contributed by atoms with E-state index in [1.165, 1.54) is 12.1 Å². The minimum Gasteiger partial charge on any atom is -0.481 e. The van der Waals surface area contributed by atoms with E-state index < -0.39 is 48.2 Å². The van der Waals surface area contributed by atoms with E-state index in [2.05, 4.69) is 4.99 Å². The molecule has 0 aliphatic carbocycles. The monoisotopic (exact) mass is 347 g/mol. The second-order valence-electron chi connectivity index (χ2n) is 5.03. The summed E-state index contributed by atoms with van der Waals surface area (Å²) in [5, 5.41) is 19.6. The number of aliphatic imine (C=N–C) groups is 1. The number of aliphatic carboxylic acids is 2. The number of carboxylic acid groups (broad SMARTS) is 2. The van der Waals surface area contributed by atoms with Crippen molar-refractivity contribution in [2.45, 2.75) is 12.5 Å². The van der Waals surface area contributed by atoms with Crippen LogP contribution < -0.4 is 10.2 Å². The number of hydrogen-bond acceptors (Lipinski definition) is 6. The molecule has 0 bridgehead atoms. The highest BCUT2D eigenvalue weighted by molar-refractivity contribution is 6.32. The number of urea groups is 1. The number of rotatable bonds is 6. The number of hydrogen-bond donors (Lipinski definition) is 3. The molecule has 0 aromatic heterocycles. The summed E-state index contributed by atoms with van der Waals surface area (Å²) in [6, 6.07) is 5.21. The van der Waals surface area contributed by atoms with E-state index in [1.807, 2.05) is 5.32 Å². The number of carbonyl (C=O) groups is 5. The minimum atomic E-state index is -1.65. The number of carboxylic acids is 2. The predicted octanol–water partition coefficient (Wildman–Crippen LogP) is -0.116. The standard InChI is InChI=1S/C15H13N3O7/c19-11(20)6-10(14(23)24)16-7-9-12(21)17-15(25)18(13(9)22)8-4-2-1-3-5-8/h1-5,7,9-10H,6H2,(H,19,20)(H,23,24)(H,17,21,25)/t9-,10+/m1/s1. The number of barbiturate groups is 1. The van der Waals surface area contributed by atoms with E-state index in [-0.39, 0.29) is 5.69 Å². The number of imide groups is 2. The molecule has 2 rings (SSSR count). The maximum absolute atomic E-state index is 12.4. The van der Waals surface area contributed by atoms with E-state index in [0.717, 1.165) is 11.1 Å². The second kappa shape index (κ2) is 7.34. The van der Waals surface area contributed by atoms with Gasteiger partial charge in [-0.3, -0.25) is 24.7 Å². The van der Waals surface area contributed by atoms with E-state index in [0.29, 0.717) is 0 Å². The third-order valence-electron chi connectivity index (χ3n) is 3.28. The van der Waals surface area contributed by atoms with E-state index in [4.69, 9.17) is 10.2 Å². The van der Waals surface area contributed by atoms with Crippen LogP contribution in [0.3, 0.4) is 0 Å². The highest BCUT2D eigenvalue weighted by atomic mass is 16.4. The summed E-state index contributed by atoms with van der Waals surface area (Å²) in [5.74, 6) is -6.34. The van der Waals surface area contributed by atoms with Gasteiger partial charge in [-0.15, -0.1) is 0 Å². The summed E-state index contributed by atoms with van der Waals surface area (Å²) in [6.07, 6.45) is -0.0581. The summed E-state index contributed by atoms with van der Waals surface area (Å²) >= 11 is 0. The molecule has 0 saturated carbocycles. The number of nitrogens with one attached hydrogen (secondary N) is 1. The van der Waals surface area contributed by atoms with Gasteiger partial charge in [-0.1, -0.05) is 18.2 Å². The second-order valence-corrected chi connectivity index (χ2v) is 5.03. The number of nitrogens with zero attached hydrogens (tertiary/aromatic N) is 2. The van der Waals surface area contributed by atoms with Gasteiger partial charge in [-0.05, 0) is 12.1 Å². The van der Waals surface area contributed by atoms with Gasteiger partial charge in [0.25, 0.3) is 5.91 Å². The van der Waals surface area contributed by atoms with Gasteiger partial charge >= 0.3 is 18.0 Å². The molecule has 1 aliphatic rings. The van der Waals surface area contributed by atoms with Gasteiger partial charge in [0.05, 0.1) is 12.1 Å². The molecule has 0 unspecified atom stereocenters. The first-order chi connectivity index (χ1) is 11.8. The maximum Gasteiger partial charge on any atom is 0.335 e. The Bertz CT molecular complexity index is 760. The van der Waals surface area contributed by atoms with Crippen LogP contribution in [0, 0.1) is 5.92 Å². The summed E-state index contributed by atoms with van der Waals surface area (Å²) < 4.78 is 0. The molecule has 1 heterocycles. The molecule has 1 saturated heterocycles. The molecule has 0 spiro atoms. The van der Waals surface area contributed by atoms with Crippen LogP contribution in [0.5, 0.6) is 0 Å². The van der Waals surface area contributed by atoms with Crippen LogP contribution in [0.15, 0.2) is 35.3 Å². The van der Waals surface area contributed by atoms with Crippen molar-refractivity contribution < 1.29 is 34.2 Å². The first-order valence-electron chi connectivity index (χ1n) is 7.03. The average Bonchev–Trinajstić information content (AvgIpc) is 2.53. The van der Waals surface area contributed by atoms with Crippen molar-refractivity contribution in [3.05, 3.63) is 30.3 Å². The summed E-state index contributed by atoms with van der Waals surface area (Å²) in [6.45, 7) is 0. The number of para-hydroxylation sites is 1. The van der Waals surface area contributed by atoms with Gasteiger partial charge in [0.1, 0.15) is 0 Å². The lowest BCUT2D eigenvalue weighted by atomic mass is 10.1. The van der Waals surface area contributed by atoms with Crippen LogP contribution in [-0.4, -0.2) is 52.3 Å². The fraction of sp³-hybridized carbons (Fsp3) is 0.200. The van der Waals surface area contributed by atoms with Crippen molar-refractivity contribution in [1.29, 1.82) is 0 Å². The van der Waals surface area contributed by atoms with Crippen LogP contribution in [0.2, 0.25) is 0 Å². The van der Waals surface area contributed by atoms with E-state index >= 15 is 0 Å². The zero-order valence-corrected chi connectivity index (χ0v) is 12.7. The molecule has 10 nitrogen and oxygen atoms in total. The summed E-state index contributed by atoms with van der Waals surface area (Å²) in [7, 11) is 0. The number of benzene rings is 1. The predicted molar refractivity (Wildman–Crippen MR) is 83.1 cm³/mol. The smallest absolute Gasteiger partial charge is 0.335 e. The third kappa shape index (κ3) is 4.05. The average molecular weight is 347 g/mol. The van der Waals surface area contributed by atoms with Crippen LogP contribution in [-0.2, 0) is 19.2 Å². The first-order valence-corrected chi connectivity index (χ1v) is 7.03. The SMILES string of the molecule is O=C(O)C[C@H](N=C[C@@H]1C(=O)NC(=O)N(c2ccccc2)C1=O)C(=O)O. The van der Waals surface area contributed by atoms with Crippen LogP contribution in [0.4, 0.5) is 10.5 Å². The summed E-state index contributed by atoms with van der Waals surface area (Å²) in [5.41, 5.74) is 0.219. The Morgan fingerprint density at radius 1 is 1.20 bits per heavy atom. The lowest BCUT2D eigenvalue weighted by Gasteiger charge is -2.28. The van der Waals surface area contributed by atoms with Crippen molar-refractivity contribution in [1.82, 2.24) is 5.32 Å². The normalized spacial score (nSPS) is 19.0. The molecule has 1 aromatic carbocycles. The highest BCUT2D eigenvalue weighted by Gasteiger charge is 2.40. The Morgan fingerprint density at radius 2 is 1.84 bits per heavy atom. The lowest BCUT2D eigenvalue weighted by Crippen LogP contribution is -2.58. The lowest BCUT2D eigenvalue weighted by molar-refractivity contribution is -0.144. The molecule has 3 N–H and O–H groups in total. The van der Waals surface area contributed by atoms with Gasteiger partial charge in [0.2, 0.25) is 5.91 Å². The molecule has 1 fully saturated rings. The van der Waals surface area contributed by atoms with Gasteiger partial charge in [0, 0.05) is 6.21 Å². The number of carbonyl (C=O) groups excluding carboxylic acids is 3. The Balaban J connectivity index is 2.27. The molecule has 0 radical (unpaired) electrons. The topological polar surface area (TPSA) is 153 Å². The largest absolute Gasteiger partial charge is 0.481 e. The zero-order valence-electron chi connectivity index (χ0n) is 12.7. The molecule has 10 heteroatoms. The maximum atomic E-state index is 12.4. The van der Waals surface area contributed by atoms with Crippen molar-refractivity contribution in [3.63, 3.8) is 0 Å². The first kappa shape index (κ1) is 17.8.